The van der Waals surface area contributed by atoms with E-state index in [2.05, 4.69) is 38.3 Å². The third kappa shape index (κ3) is 2.99. The largest absolute Gasteiger partial charge is 0.497 e. The number of hydrogen-bond acceptors (Lipinski definition) is 4. The van der Waals surface area contributed by atoms with Crippen LogP contribution in [0.2, 0.25) is 0 Å². The van der Waals surface area contributed by atoms with Crippen molar-refractivity contribution in [3.8, 4) is 5.75 Å². The molecule has 3 heterocycles. The van der Waals surface area contributed by atoms with Crippen LogP contribution < -0.4 is 4.74 Å². The van der Waals surface area contributed by atoms with Gasteiger partial charge in [-0.25, -0.2) is 4.98 Å². The summed E-state index contributed by atoms with van der Waals surface area (Å²) in [5.74, 6) is 1.46. The van der Waals surface area contributed by atoms with Crippen LogP contribution in [0.1, 0.15) is 30.0 Å². The molecule has 5 nitrogen and oxygen atoms in total. The Morgan fingerprint density at radius 1 is 1.17 bits per heavy atom. The Bertz CT molecular complexity index is 804. The van der Waals surface area contributed by atoms with Gasteiger partial charge in [0.1, 0.15) is 5.75 Å². The average Bonchev–Trinajstić information content (AvgIpc) is 3.07. The molecule has 24 heavy (non-hydrogen) atoms. The van der Waals surface area contributed by atoms with Crippen molar-refractivity contribution < 1.29 is 4.74 Å². The maximum Gasteiger partial charge on any atom is 0.181 e. The Hall–Kier alpha value is -2.40. The molecule has 1 aromatic carbocycles. The molecule has 3 aromatic rings. The van der Waals surface area contributed by atoms with E-state index in [0.717, 1.165) is 43.9 Å². The van der Waals surface area contributed by atoms with Gasteiger partial charge in [-0.3, -0.25) is 10.00 Å². The zero-order valence-electron chi connectivity index (χ0n) is 13.9. The molecular weight excluding hydrogens is 300 g/mol. The minimum absolute atomic E-state index is 0.548. The number of fused-ring (bicyclic) bond motifs is 1. The van der Waals surface area contributed by atoms with Gasteiger partial charge < -0.3 is 4.74 Å². The molecule has 5 heteroatoms. The minimum atomic E-state index is 0.548. The standard InChI is InChI=1S/C19H22N4O/c1-24-16-6-4-14(5-7-16)13-23-11-8-15(9-12-23)18-17-3-2-10-20-19(17)22-21-18/h2-7,10,15H,8-9,11-13H2,1H3,(H,20,21,22). The van der Waals surface area contributed by atoms with Crippen molar-refractivity contribution in [2.24, 2.45) is 0 Å². The van der Waals surface area contributed by atoms with Gasteiger partial charge in [-0.05, 0) is 55.8 Å². The van der Waals surface area contributed by atoms with E-state index >= 15 is 0 Å². The minimum Gasteiger partial charge on any atom is -0.497 e. The summed E-state index contributed by atoms with van der Waals surface area (Å²) in [4.78, 5) is 6.84. The smallest absolute Gasteiger partial charge is 0.181 e. The quantitative estimate of drug-likeness (QED) is 0.800. The van der Waals surface area contributed by atoms with Crippen LogP contribution in [0.25, 0.3) is 11.0 Å². The van der Waals surface area contributed by atoms with Gasteiger partial charge in [-0.1, -0.05) is 12.1 Å². The number of methoxy groups -OCH3 is 1. The summed E-state index contributed by atoms with van der Waals surface area (Å²) in [6, 6.07) is 12.5. The van der Waals surface area contributed by atoms with Crippen molar-refractivity contribution >= 4 is 11.0 Å². The van der Waals surface area contributed by atoms with Gasteiger partial charge in [0.05, 0.1) is 7.11 Å². The molecule has 1 aliphatic heterocycles. The molecule has 2 aromatic heterocycles. The molecule has 0 radical (unpaired) electrons. The number of ether oxygens (including phenoxy) is 1. The van der Waals surface area contributed by atoms with Crippen molar-refractivity contribution in [3.05, 3.63) is 53.9 Å². The molecule has 0 atom stereocenters. The second-order valence-electron chi connectivity index (χ2n) is 6.41. The molecule has 0 amide bonds. The average molecular weight is 322 g/mol. The normalized spacial score (nSPS) is 16.5. The summed E-state index contributed by atoms with van der Waals surface area (Å²) in [6.45, 7) is 3.22. The number of nitrogens with zero attached hydrogens (tertiary/aromatic N) is 3. The van der Waals surface area contributed by atoms with Crippen LogP contribution in [0.5, 0.6) is 5.75 Å². The van der Waals surface area contributed by atoms with E-state index in [0.29, 0.717) is 5.92 Å². The van der Waals surface area contributed by atoms with Crippen LogP contribution in [0, 0.1) is 0 Å². The van der Waals surface area contributed by atoms with E-state index in [4.69, 9.17) is 4.74 Å². The molecule has 0 spiro atoms. The fourth-order valence-corrected chi connectivity index (χ4v) is 3.55. The van der Waals surface area contributed by atoms with Gasteiger partial charge in [0.15, 0.2) is 5.65 Å². The fourth-order valence-electron chi connectivity index (χ4n) is 3.55. The predicted octanol–water partition coefficient (Wildman–Crippen LogP) is 3.35. The molecule has 0 bridgehead atoms. The first kappa shape index (κ1) is 15.1. The second-order valence-corrected chi connectivity index (χ2v) is 6.41. The second kappa shape index (κ2) is 6.61. The number of aromatic nitrogens is 3. The zero-order chi connectivity index (χ0) is 16.4. The molecule has 1 fully saturated rings. The maximum atomic E-state index is 5.22. The lowest BCUT2D eigenvalue weighted by atomic mass is 9.92. The molecule has 0 aliphatic carbocycles. The highest BCUT2D eigenvalue weighted by Gasteiger charge is 2.23. The fraction of sp³-hybridized carbons (Fsp3) is 0.368. The van der Waals surface area contributed by atoms with E-state index in [1.165, 1.54) is 16.6 Å². The summed E-state index contributed by atoms with van der Waals surface area (Å²) in [7, 11) is 1.70. The van der Waals surface area contributed by atoms with Gasteiger partial charge in [0, 0.05) is 29.7 Å². The first-order valence-electron chi connectivity index (χ1n) is 8.48. The predicted molar refractivity (Wildman–Crippen MR) is 94.1 cm³/mol. The highest BCUT2D eigenvalue weighted by atomic mass is 16.5. The molecule has 0 unspecified atom stereocenters. The van der Waals surface area contributed by atoms with Gasteiger partial charge >= 0.3 is 0 Å². The van der Waals surface area contributed by atoms with Gasteiger partial charge in [-0.2, -0.15) is 5.10 Å². The van der Waals surface area contributed by atoms with Crippen molar-refractivity contribution in [1.29, 1.82) is 0 Å². The van der Waals surface area contributed by atoms with E-state index < -0.39 is 0 Å². The third-order valence-electron chi connectivity index (χ3n) is 4.92. The number of rotatable bonds is 4. The molecule has 1 aliphatic rings. The number of H-pyrrole nitrogens is 1. The Labute approximate surface area is 141 Å². The zero-order valence-corrected chi connectivity index (χ0v) is 13.9. The van der Waals surface area contributed by atoms with E-state index in [-0.39, 0.29) is 0 Å². The van der Waals surface area contributed by atoms with Gasteiger partial charge in [0.2, 0.25) is 0 Å². The number of aromatic amines is 1. The number of benzene rings is 1. The maximum absolute atomic E-state index is 5.22. The molecule has 1 saturated heterocycles. The summed E-state index contributed by atoms with van der Waals surface area (Å²) in [5.41, 5.74) is 3.42. The topological polar surface area (TPSA) is 54.0 Å². The Morgan fingerprint density at radius 2 is 1.96 bits per heavy atom. The Morgan fingerprint density at radius 3 is 2.71 bits per heavy atom. The summed E-state index contributed by atoms with van der Waals surface area (Å²) in [6.07, 6.45) is 4.11. The van der Waals surface area contributed by atoms with Crippen molar-refractivity contribution in [2.45, 2.75) is 25.3 Å². The highest BCUT2D eigenvalue weighted by molar-refractivity contribution is 5.77. The van der Waals surface area contributed by atoms with Crippen molar-refractivity contribution in [3.63, 3.8) is 0 Å². The molecule has 1 N–H and O–H groups in total. The number of nitrogens with one attached hydrogen (secondary N) is 1. The van der Waals surface area contributed by atoms with Gasteiger partial charge in [-0.15, -0.1) is 0 Å². The number of piperidine rings is 1. The molecular formula is C19H22N4O. The van der Waals surface area contributed by atoms with Crippen LogP contribution in [0.3, 0.4) is 0 Å². The highest BCUT2D eigenvalue weighted by Crippen LogP contribution is 2.31. The summed E-state index contributed by atoms with van der Waals surface area (Å²) in [5, 5.41) is 8.72. The van der Waals surface area contributed by atoms with Crippen LogP contribution in [-0.2, 0) is 6.54 Å². The molecule has 124 valence electrons. The van der Waals surface area contributed by atoms with Crippen molar-refractivity contribution in [1.82, 2.24) is 20.1 Å². The van der Waals surface area contributed by atoms with Gasteiger partial charge in [0.25, 0.3) is 0 Å². The number of pyridine rings is 1. The lowest BCUT2D eigenvalue weighted by molar-refractivity contribution is 0.203. The Kier molecular flexibility index (Phi) is 4.17. The molecule has 4 rings (SSSR count). The van der Waals surface area contributed by atoms with E-state index in [1.54, 1.807) is 13.3 Å². The number of hydrogen-bond donors (Lipinski definition) is 1. The molecule has 0 saturated carbocycles. The summed E-state index contributed by atoms with van der Waals surface area (Å²) < 4.78 is 5.22. The monoisotopic (exact) mass is 322 g/mol. The number of likely N-dealkylation sites (tertiary alicyclic amines) is 1. The lowest BCUT2D eigenvalue weighted by Gasteiger charge is -2.31. The van der Waals surface area contributed by atoms with Crippen molar-refractivity contribution in [2.75, 3.05) is 20.2 Å². The van der Waals surface area contributed by atoms with Crippen LogP contribution in [0.4, 0.5) is 0 Å². The van der Waals surface area contributed by atoms with E-state index in [9.17, 15) is 0 Å². The van der Waals surface area contributed by atoms with Crippen LogP contribution >= 0.6 is 0 Å². The van der Waals surface area contributed by atoms with E-state index in [1.807, 2.05) is 18.2 Å². The Balaban J connectivity index is 1.39. The third-order valence-corrected chi connectivity index (χ3v) is 4.92. The SMILES string of the molecule is COc1ccc(CN2CCC(c3[nH]nc4ncccc34)CC2)cc1. The first-order valence-corrected chi connectivity index (χ1v) is 8.48. The van der Waals surface area contributed by atoms with Crippen LogP contribution in [-0.4, -0.2) is 40.3 Å². The first-order chi connectivity index (χ1) is 11.8. The summed E-state index contributed by atoms with van der Waals surface area (Å²) >= 11 is 0. The van der Waals surface area contributed by atoms with Crippen LogP contribution in [0.15, 0.2) is 42.6 Å². The lowest BCUT2D eigenvalue weighted by Crippen LogP contribution is -2.32.